The molecule has 0 aliphatic carbocycles. The Morgan fingerprint density at radius 1 is 1.12 bits per heavy atom. The quantitative estimate of drug-likeness (QED) is 0.781. The first-order valence-electron chi connectivity index (χ1n) is 8.59. The second-order valence-corrected chi connectivity index (χ2v) is 7.23. The maximum absolute atomic E-state index is 12.8. The van der Waals surface area contributed by atoms with Crippen molar-refractivity contribution in [3.8, 4) is 0 Å². The van der Waals surface area contributed by atoms with Crippen LogP contribution in [0, 0.1) is 5.92 Å². The number of rotatable bonds is 7. The van der Waals surface area contributed by atoms with Crippen molar-refractivity contribution in [2.24, 2.45) is 5.92 Å². The number of benzene rings is 1. The van der Waals surface area contributed by atoms with Gasteiger partial charge in [-0.05, 0) is 44.2 Å². The Morgan fingerprint density at radius 2 is 1.75 bits per heavy atom. The second kappa shape index (κ2) is 7.34. The van der Waals surface area contributed by atoms with Gasteiger partial charge in [-0.2, -0.15) is 0 Å². The summed E-state index contributed by atoms with van der Waals surface area (Å²) in [6.45, 7) is 10.6. The third-order valence-corrected chi connectivity index (χ3v) is 4.22. The molecular weight excluding hydrogens is 304 g/mol. The molecule has 0 aromatic heterocycles. The van der Waals surface area contributed by atoms with Crippen LogP contribution in [0.3, 0.4) is 0 Å². The number of hydrogen-bond donors (Lipinski definition) is 1. The predicted molar refractivity (Wildman–Crippen MR) is 93.7 cm³/mol. The molecule has 1 atom stereocenters. The number of ether oxygens (including phenoxy) is 1. The fourth-order valence-electron chi connectivity index (χ4n) is 2.92. The molecule has 5 heteroatoms. The van der Waals surface area contributed by atoms with Crippen LogP contribution in [-0.4, -0.2) is 36.1 Å². The van der Waals surface area contributed by atoms with Gasteiger partial charge in [-0.1, -0.05) is 38.1 Å². The van der Waals surface area contributed by atoms with Gasteiger partial charge >= 0.3 is 6.03 Å². The van der Waals surface area contributed by atoms with E-state index in [1.165, 1.54) is 10.5 Å². The minimum absolute atomic E-state index is 0.0747. The van der Waals surface area contributed by atoms with Gasteiger partial charge in [0.15, 0.2) is 0 Å². The van der Waals surface area contributed by atoms with E-state index in [2.05, 4.69) is 19.2 Å². The summed E-state index contributed by atoms with van der Waals surface area (Å²) in [5, 5.41) is 2.83. The molecule has 132 valence electrons. The van der Waals surface area contributed by atoms with E-state index in [9.17, 15) is 9.59 Å². The van der Waals surface area contributed by atoms with Crippen molar-refractivity contribution < 1.29 is 14.3 Å². The van der Waals surface area contributed by atoms with Crippen molar-refractivity contribution in [1.29, 1.82) is 0 Å². The standard InChI is InChI=1S/C19H28N2O3/c1-13(2)12-15-6-8-16(9-7-15)19(5)17(22)21(18(23)20-19)10-11-24-14(3)4/h6-9,13-14H,10-12H2,1-5H3,(H,20,23). The van der Waals surface area contributed by atoms with E-state index in [0.717, 1.165) is 12.0 Å². The molecule has 1 unspecified atom stereocenters. The molecule has 5 nitrogen and oxygen atoms in total. The number of imide groups is 1. The summed E-state index contributed by atoms with van der Waals surface area (Å²) in [6, 6.07) is 7.57. The van der Waals surface area contributed by atoms with Crippen molar-refractivity contribution >= 4 is 11.9 Å². The Hall–Kier alpha value is -1.88. The maximum atomic E-state index is 12.8. The molecule has 1 aliphatic heterocycles. The third kappa shape index (κ3) is 3.96. The lowest BCUT2D eigenvalue weighted by atomic mass is 9.90. The highest BCUT2D eigenvalue weighted by atomic mass is 16.5. The van der Waals surface area contributed by atoms with Gasteiger partial charge in [0, 0.05) is 0 Å². The summed E-state index contributed by atoms with van der Waals surface area (Å²) < 4.78 is 5.45. The first-order chi connectivity index (χ1) is 11.2. The van der Waals surface area contributed by atoms with Crippen LogP contribution in [0.2, 0.25) is 0 Å². The van der Waals surface area contributed by atoms with Gasteiger partial charge in [-0.25, -0.2) is 4.79 Å². The number of carbonyl (C=O) groups excluding carboxylic acids is 2. The summed E-state index contributed by atoms with van der Waals surface area (Å²) in [7, 11) is 0. The summed E-state index contributed by atoms with van der Waals surface area (Å²) >= 11 is 0. The molecule has 0 radical (unpaired) electrons. The van der Waals surface area contributed by atoms with Gasteiger partial charge in [0.05, 0.1) is 19.3 Å². The Bertz CT molecular complexity index is 595. The summed E-state index contributed by atoms with van der Waals surface area (Å²) in [5.74, 6) is 0.354. The van der Waals surface area contributed by atoms with Gasteiger partial charge in [0.2, 0.25) is 0 Å². The predicted octanol–water partition coefficient (Wildman–Crippen LogP) is 3.08. The number of urea groups is 1. The lowest BCUT2D eigenvalue weighted by Crippen LogP contribution is -2.41. The number of amides is 3. The Balaban J connectivity index is 2.11. The molecule has 1 aromatic carbocycles. The van der Waals surface area contributed by atoms with Crippen LogP contribution in [0.5, 0.6) is 0 Å². The van der Waals surface area contributed by atoms with Crippen LogP contribution in [-0.2, 0) is 21.5 Å². The SMILES string of the molecule is CC(C)Cc1ccc(C2(C)NC(=O)N(CCOC(C)C)C2=O)cc1. The molecule has 0 saturated carbocycles. The molecule has 2 rings (SSSR count). The summed E-state index contributed by atoms with van der Waals surface area (Å²) in [6.07, 6.45) is 1.07. The van der Waals surface area contributed by atoms with Crippen molar-refractivity contribution in [3.63, 3.8) is 0 Å². The topological polar surface area (TPSA) is 58.6 Å². The van der Waals surface area contributed by atoms with Gasteiger partial charge in [0.25, 0.3) is 5.91 Å². The first kappa shape index (κ1) is 18.5. The van der Waals surface area contributed by atoms with E-state index in [1.807, 2.05) is 38.1 Å². The minimum Gasteiger partial charge on any atom is -0.377 e. The summed E-state index contributed by atoms with van der Waals surface area (Å²) in [4.78, 5) is 26.2. The van der Waals surface area contributed by atoms with E-state index in [1.54, 1.807) is 6.92 Å². The Labute approximate surface area is 144 Å². The zero-order valence-corrected chi connectivity index (χ0v) is 15.3. The fourth-order valence-corrected chi connectivity index (χ4v) is 2.92. The highest BCUT2D eigenvalue weighted by Crippen LogP contribution is 2.29. The molecule has 0 bridgehead atoms. The van der Waals surface area contributed by atoms with Gasteiger partial charge in [-0.3, -0.25) is 9.69 Å². The van der Waals surface area contributed by atoms with Crippen molar-refractivity contribution in [2.75, 3.05) is 13.2 Å². The van der Waals surface area contributed by atoms with Crippen LogP contribution >= 0.6 is 0 Å². The van der Waals surface area contributed by atoms with Crippen LogP contribution < -0.4 is 5.32 Å². The monoisotopic (exact) mass is 332 g/mol. The molecule has 1 N–H and O–H groups in total. The molecule has 1 heterocycles. The molecule has 24 heavy (non-hydrogen) atoms. The number of nitrogens with one attached hydrogen (secondary N) is 1. The number of carbonyl (C=O) groups is 2. The Kier molecular flexibility index (Phi) is 5.65. The maximum Gasteiger partial charge on any atom is 0.325 e. The molecular formula is C19H28N2O3. The zero-order valence-electron chi connectivity index (χ0n) is 15.3. The van der Waals surface area contributed by atoms with E-state index in [0.29, 0.717) is 12.5 Å². The normalized spacial score (nSPS) is 21.0. The smallest absolute Gasteiger partial charge is 0.325 e. The third-order valence-electron chi connectivity index (χ3n) is 4.22. The fraction of sp³-hybridized carbons (Fsp3) is 0.579. The lowest BCUT2D eigenvalue weighted by Gasteiger charge is -2.23. The molecule has 3 amide bonds. The minimum atomic E-state index is -1.01. The highest BCUT2D eigenvalue weighted by molar-refractivity contribution is 6.07. The van der Waals surface area contributed by atoms with Crippen molar-refractivity contribution in [2.45, 2.75) is 52.7 Å². The largest absolute Gasteiger partial charge is 0.377 e. The van der Waals surface area contributed by atoms with Crippen LogP contribution in [0.4, 0.5) is 4.79 Å². The lowest BCUT2D eigenvalue weighted by molar-refractivity contribution is -0.131. The van der Waals surface area contributed by atoms with Gasteiger partial charge in [-0.15, -0.1) is 0 Å². The molecule has 1 aliphatic rings. The van der Waals surface area contributed by atoms with Gasteiger partial charge in [0.1, 0.15) is 5.54 Å². The molecule has 1 aromatic rings. The molecule has 1 saturated heterocycles. The van der Waals surface area contributed by atoms with E-state index < -0.39 is 5.54 Å². The number of nitrogens with zero attached hydrogens (tertiary/aromatic N) is 1. The van der Waals surface area contributed by atoms with Gasteiger partial charge < -0.3 is 10.1 Å². The van der Waals surface area contributed by atoms with Crippen LogP contribution in [0.25, 0.3) is 0 Å². The van der Waals surface area contributed by atoms with Crippen molar-refractivity contribution in [1.82, 2.24) is 10.2 Å². The molecule has 0 spiro atoms. The van der Waals surface area contributed by atoms with E-state index in [4.69, 9.17) is 4.74 Å². The van der Waals surface area contributed by atoms with E-state index >= 15 is 0 Å². The first-order valence-corrected chi connectivity index (χ1v) is 8.59. The summed E-state index contributed by atoms with van der Waals surface area (Å²) in [5.41, 5.74) is 1.03. The van der Waals surface area contributed by atoms with E-state index in [-0.39, 0.29) is 24.6 Å². The zero-order chi connectivity index (χ0) is 17.9. The highest BCUT2D eigenvalue weighted by Gasteiger charge is 2.48. The van der Waals surface area contributed by atoms with Crippen molar-refractivity contribution in [3.05, 3.63) is 35.4 Å². The van der Waals surface area contributed by atoms with Crippen LogP contribution in [0.15, 0.2) is 24.3 Å². The Morgan fingerprint density at radius 3 is 2.29 bits per heavy atom. The number of hydrogen-bond acceptors (Lipinski definition) is 3. The molecule has 1 fully saturated rings. The second-order valence-electron chi connectivity index (χ2n) is 7.23. The average Bonchev–Trinajstić information content (AvgIpc) is 2.71. The van der Waals surface area contributed by atoms with Crippen LogP contribution in [0.1, 0.15) is 45.7 Å². The average molecular weight is 332 g/mol.